The maximum Gasteiger partial charge on any atom is 0.251 e. The Morgan fingerprint density at radius 3 is 2.95 bits per heavy atom. The lowest BCUT2D eigenvalue weighted by molar-refractivity contribution is 0.0851. The van der Waals surface area contributed by atoms with Crippen molar-refractivity contribution >= 4 is 29.0 Å². The predicted molar refractivity (Wildman–Crippen MR) is 140 cm³/mol. The molecule has 1 aromatic carbocycles. The minimum atomic E-state index is -0.0927. The lowest BCUT2D eigenvalue weighted by atomic mass is 10.1. The number of H-pyrrole nitrogens is 1. The molecule has 6 rings (SSSR count). The highest BCUT2D eigenvalue weighted by molar-refractivity contribution is 5.96. The standard InChI is InChI=1S/C27H29N7O3/c1-33-8-7-19(15-33)30-27(35)18-4-3-17-5-6-22-20-12-23(28-14-24(20)32-31-22)21-13-29-34(2)25(21)16-36-9-10-37-26(17)11-18/h3-6,11-14,19H,7-10,15-16H2,1-2H3,(H,30,35)(H,31,32). The fraction of sp³-hybridized carbons (Fsp3) is 0.333. The lowest BCUT2D eigenvalue weighted by Crippen LogP contribution is -2.36. The van der Waals surface area contributed by atoms with E-state index >= 15 is 0 Å². The van der Waals surface area contributed by atoms with Crippen LogP contribution in [0.15, 0.2) is 36.7 Å². The molecule has 0 spiro atoms. The third-order valence-corrected chi connectivity index (χ3v) is 6.96. The highest BCUT2D eigenvalue weighted by Gasteiger charge is 2.22. The Morgan fingerprint density at radius 2 is 2.08 bits per heavy atom. The summed E-state index contributed by atoms with van der Waals surface area (Å²) >= 11 is 0. The molecule has 1 atom stereocenters. The zero-order valence-corrected chi connectivity index (χ0v) is 20.9. The summed E-state index contributed by atoms with van der Waals surface area (Å²) in [4.78, 5) is 19.8. The van der Waals surface area contributed by atoms with Crippen LogP contribution < -0.4 is 10.1 Å². The Bertz CT molecular complexity index is 1490. The van der Waals surface area contributed by atoms with E-state index in [-0.39, 0.29) is 11.9 Å². The van der Waals surface area contributed by atoms with Crippen LogP contribution in [0.2, 0.25) is 0 Å². The van der Waals surface area contributed by atoms with Gasteiger partial charge in [-0.25, -0.2) is 0 Å². The van der Waals surface area contributed by atoms with Crippen molar-refractivity contribution in [1.82, 2.24) is 35.2 Å². The summed E-state index contributed by atoms with van der Waals surface area (Å²) < 4.78 is 13.9. The number of rotatable bonds is 2. The van der Waals surface area contributed by atoms with Gasteiger partial charge in [-0.05, 0) is 50.4 Å². The Hall–Kier alpha value is -4.02. The monoisotopic (exact) mass is 499 g/mol. The first-order chi connectivity index (χ1) is 18.0. The molecule has 1 fully saturated rings. The van der Waals surface area contributed by atoms with Gasteiger partial charge in [0, 0.05) is 41.7 Å². The van der Waals surface area contributed by atoms with E-state index in [1.54, 1.807) is 16.9 Å². The summed E-state index contributed by atoms with van der Waals surface area (Å²) in [7, 11) is 3.96. The average Bonchev–Trinajstić information content (AvgIpc) is 3.60. The number of carbonyl (C=O) groups is 1. The summed E-state index contributed by atoms with van der Waals surface area (Å²) in [5, 5.41) is 16.0. The van der Waals surface area contributed by atoms with Crippen LogP contribution in [0, 0.1) is 0 Å². The zero-order valence-electron chi connectivity index (χ0n) is 20.9. The van der Waals surface area contributed by atoms with E-state index in [1.807, 2.05) is 43.6 Å². The van der Waals surface area contributed by atoms with Gasteiger partial charge in [-0.1, -0.05) is 6.07 Å². The van der Waals surface area contributed by atoms with Crippen molar-refractivity contribution in [3.63, 3.8) is 0 Å². The van der Waals surface area contributed by atoms with Crippen LogP contribution in [-0.2, 0) is 18.4 Å². The van der Waals surface area contributed by atoms with Gasteiger partial charge in [0.05, 0.1) is 48.2 Å². The first-order valence-electron chi connectivity index (χ1n) is 12.4. The molecule has 0 saturated carbocycles. The SMILES string of the molecule is CN1CCC(NC(=O)c2ccc3c(c2)OCCOCc2c(cnn2C)-c2cc4c(n[nH]c4cn2)C=C3)C1. The van der Waals surface area contributed by atoms with Gasteiger partial charge in [-0.3, -0.25) is 19.6 Å². The summed E-state index contributed by atoms with van der Waals surface area (Å²) in [6.07, 6.45) is 8.45. The third kappa shape index (κ3) is 4.73. The quantitative estimate of drug-likeness (QED) is 0.436. The first kappa shape index (κ1) is 23.4. The number of carbonyl (C=O) groups excluding carboxylic acids is 1. The van der Waals surface area contributed by atoms with E-state index in [2.05, 4.69) is 37.5 Å². The topological polar surface area (TPSA) is 110 Å². The van der Waals surface area contributed by atoms with Gasteiger partial charge < -0.3 is 19.7 Å². The van der Waals surface area contributed by atoms with Crippen LogP contribution in [0.3, 0.4) is 0 Å². The number of nitrogens with one attached hydrogen (secondary N) is 2. The van der Waals surface area contributed by atoms with E-state index in [0.29, 0.717) is 31.1 Å². The molecule has 10 nitrogen and oxygen atoms in total. The van der Waals surface area contributed by atoms with Crippen molar-refractivity contribution < 1.29 is 14.3 Å². The normalized spacial score (nSPS) is 18.2. The Labute approximate surface area is 214 Å². The molecular weight excluding hydrogens is 470 g/mol. The number of aromatic nitrogens is 5. The van der Waals surface area contributed by atoms with Crippen LogP contribution >= 0.6 is 0 Å². The molecule has 0 aliphatic carbocycles. The second-order valence-corrected chi connectivity index (χ2v) is 9.56. The van der Waals surface area contributed by atoms with Crippen molar-refractivity contribution in [2.24, 2.45) is 7.05 Å². The van der Waals surface area contributed by atoms with Gasteiger partial charge in [-0.2, -0.15) is 10.2 Å². The molecule has 1 unspecified atom stereocenters. The van der Waals surface area contributed by atoms with Crippen molar-refractivity contribution in [1.29, 1.82) is 0 Å². The molecule has 2 N–H and O–H groups in total. The van der Waals surface area contributed by atoms with Crippen LogP contribution in [0.1, 0.15) is 33.7 Å². The number of aromatic amines is 1. The van der Waals surface area contributed by atoms with E-state index in [4.69, 9.17) is 9.47 Å². The van der Waals surface area contributed by atoms with E-state index in [0.717, 1.165) is 58.6 Å². The number of nitrogens with zero attached hydrogens (tertiary/aromatic N) is 5. The zero-order chi connectivity index (χ0) is 25.4. The number of ether oxygens (including phenoxy) is 2. The smallest absolute Gasteiger partial charge is 0.251 e. The second-order valence-electron chi connectivity index (χ2n) is 9.56. The molecule has 10 heteroatoms. The molecule has 2 aliphatic rings. The summed E-state index contributed by atoms with van der Waals surface area (Å²) in [6, 6.07) is 7.72. The summed E-state index contributed by atoms with van der Waals surface area (Å²) in [5.41, 5.74) is 5.71. The maximum absolute atomic E-state index is 12.9. The molecular formula is C27H29N7O3. The van der Waals surface area contributed by atoms with Crippen LogP contribution in [-0.4, -0.2) is 75.2 Å². The Balaban J connectivity index is 1.34. The number of likely N-dealkylation sites (N-methyl/N-ethyl adjacent to an activating group) is 1. The molecule has 1 saturated heterocycles. The summed E-state index contributed by atoms with van der Waals surface area (Å²) in [6.45, 7) is 2.94. The number of fused-ring (bicyclic) bond motifs is 4. The minimum Gasteiger partial charge on any atom is -0.491 e. The summed E-state index contributed by atoms with van der Waals surface area (Å²) in [5.74, 6) is 0.527. The first-order valence-corrected chi connectivity index (χ1v) is 12.4. The predicted octanol–water partition coefficient (Wildman–Crippen LogP) is 2.87. The molecule has 5 heterocycles. The molecule has 2 aliphatic heterocycles. The van der Waals surface area contributed by atoms with E-state index in [1.165, 1.54) is 0 Å². The molecule has 4 aromatic rings. The largest absolute Gasteiger partial charge is 0.491 e. The van der Waals surface area contributed by atoms with Crippen molar-refractivity contribution in [2.45, 2.75) is 19.1 Å². The highest BCUT2D eigenvalue weighted by Crippen LogP contribution is 2.29. The van der Waals surface area contributed by atoms with Crippen molar-refractivity contribution in [3.05, 3.63) is 59.2 Å². The minimum absolute atomic E-state index is 0.0927. The maximum atomic E-state index is 12.9. The van der Waals surface area contributed by atoms with E-state index in [9.17, 15) is 4.79 Å². The Kier molecular flexibility index (Phi) is 6.19. The number of likely N-dealkylation sites (tertiary alicyclic amines) is 1. The van der Waals surface area contributed by atoms with E-state index < -0.39 is 0 Å². The number of aryl methyl sites for hydroxylation is 1. The van der Waals surface area contributed by atoms with Gasteiger partial charge in [0.25, 0.3) is 5.91 Å². The lowest BCUT2D eigenvalue weighted by Gasteiger charge is -2.15. The van der Waals surface area contributed by atoms with Crippen molar-refractivity contribution in [2.75, 3.05) is 33.4 Å². The van der Waals surface area contributed by atoms with Gasteiger partial charge in [0.2, 0.25) is 0 Å². The number of pyridine rings is 1. The van der Waals surface area contributed by atoms with Gasteiger partial charge in [0.1, 0.15) is 12.4 Å². The fourth-order valence-electron chi connectivity index (χ4n) is 4.87. The van der Waals surface area contributed by atoms with Crippen LogP contribution in [0.25, 0.3) is 34.3 Å². The highest BCUT2D eigenvalue weighted by atomic mass is 16.5. The molecule has 1 amide bonds. The molecule has 2 bridgehead atoms. The van der Waals surface area contributed by atoms with Crippen molar-refractivity contribution in [3.8, 4) is 17.0 Å². The Morgan fingerprint density at radius 1 is 1.16 bits per heavy atom. The second kappa shape index (κ2) is 9.79. The molecule has 3 aromatic heterocycles. The van der Waals surface area contributed by atoms with Crippen LogP contribution in [0.5, 0.6) is 5.75 Å². The number of hydrogen-bond donors (Lipinski definition) is 2. The average molecular weight is 500 g/mol. The number of hydrogen-bond acceptors (Lipinski definition) is 7. The fourth-order valence-corrected chi connectivity index (χ4v) is 4.87. The molecule has 190 valence electrons. The molecule has 0 radical (unpaired) electrons. The van der Waals surface area contributed by atoms with Gasteiger partial charge in [-0.15, -0.1) is 0 Å². The number of amides is 1. The third-order valence-electron chi connectivity index (χ3n) is 6.96. The number of benzene rings is 1. The van der Waals surface area contributed by atoms with Gasteiger partial charge >= 0.3 is 0 Å². The van der Waals surface area contributed by atoms with Crippen LogP contribution in [0.4, 0.5) is 0 Å². The van der Waals surface area contributed by atoms with Gasteiger partial charge in [0.15, 0.2) is 0 Å². The molecule has 37 heavy (non-hydrogen) atoms.